The normalized spacial score (nSPS) is 12.5. The molecule has 1 atom stereocenters. The highest BCUT2D eigenvalue weighted by Crippen LogP contribution is 2.37. The molecule has 0 saturated carbocycles. The molecule has 0 aliphatic heterocycles. The second kappa shape index (κ2) is 7.57. The minimum Gasteiger partial charge on any atom is -0.361 e. The Morgan fingerprint density at radius 3 is 3.00 bits per heavy atom. The third kappa shape index (κ3) is 3.13. The number of thioether (sulfide) groups is 1. The van der Waals surface area contributed by atoms with Crippen LogP contribution in [0, 0.1) is 11.3 Å². The molecule has 0 bridgehead atoms. The quantitative estimate of drug-likeness (QED) is 0.407. The minimum absolute atomic E-state index is 0.234. The zero-order chi connectivity index (χ0) is 17.9. The van der Waals surface area contributed by atoms with Gasteiger partial charge in [-0.3, -0.25) is 0 Å². The van der Waals surface area contributed by atoms with Crippen LogP contribution in [0.4, 0.5) is 0 Å². The summed E-state index contributed by atoms with van der Waals surface area (Å²) >= 11 is 3.61. The number of hydrogen-bond donors (Lipinski definition) is 1. The number of nitrogens with zero attached hydrogens (tertiary/aromatic N) is 1. The molecule has 130 valence electrons. The van der Waals surface area contributed by atoms with Gasteiger partial charge in [-0.05, 0) is 58.3 Å². The summed E-state index contributed by atoms with van der Waals surface area (Å²) in [6.45, 7) is 0. The summed E-state index contributed by atoms with van der Waals surface area (Å²) in [6.07, 6.45) is 5.68. The number of aromatic amines is 1. The lowest BCUT2D eigenvalue weighted by Crippen LogP contribution is -2.00. The first-order valence-electron chi connectivity index (χ1n) is 8.73. The van der Waals surface area contributed by atoms with Crippen molar-refractivity contribution in [3.63, 3.8) is 0 Å². The lowest BCUT2D eigenvalue weighted by molar-refractivity contribution is 0.739. The van der Waals surface area contributed by atoms with E-state index in [1.165, 1.54) is 37.7 Å². The summed E-state index contributed by atoms with van der Waals surface area (Å²) in [7, 11) is 0. The Bertz CT molecular complexity index is 1080. The second-order valence-electron chi connectivity index (χ2n) is 6.48. The van der Waals surface area contributed by atoms with Crippen LogP contribution in [0.15, 0.2) is 54.0 Å². The summed E-state index contributed by atoms with van der Waals surface area (Å²) in [4.78, 5) is 3.51. The Balaban J connectivity index is 1.83. The van der Waals surface area contributed by atoms with Crippen molar-refractivity contribution in [1.82, 2.24) is 4.98 Å². The molecule has 0 aliphatic carbocycles. The molecule has 2 nitrogen and oxygen atoms in total. The summed E-state index contributed by atoms with van der Waals surface area (Å²) in [5.74, 6) is 1.23. The Kier molecular flexibility index (Phi) is 5.01. The number of para-hydroxylation sites is 1. The van der Waals surface area contributed by atoms with E-state index < -0.39 is 0 Å². The van der Waals surface area contributed by atoms with Gasteiger partial charge < -0.3 is 4.98 Å². The van der Waals surface area contributed by atoms with Crippen LogP contribution >= 0.6 is 23.1 Å². The van der Waals surface area contributed by atoms with E-state index in [2.05, 4.69) is 71.4 Å². The Hall–Kier alpha value is -2.22. The Morgan fingerprint density at radius 1 is 1.23 bits per heavy atom. The number of aromatic nitrogens is 1. The first-order chi connectivity index (χ1) is 12.8. The molecule has 4 aromatic rings. The highest BCUT2D eigenvalue weighted by molar-refractivity contribution is 7.97. The molecule has 0 radical (unpaired) electrons. The van der Waals surface area contributed by atoms with Gasteiger partial charge in [0.2, 0.25) is 0 Å². The van der Waals surface area contributed by atoms with Gasteiger partial charge in [-0.2, -0.15) is 17.0 Å². The molecule has 4 heteroatoms. The maximum atomic E-state index is 9.17. The van der Waals surface area contributed by atoms with Crippen molar-refractivity contribution in [1.29, 1.82) is 5.26 Å². The largest absolute Gasteiger partial charge is 0.361 e. The summed E-state index contributed by atoms with van der Waals surface area (Å²) < 4.78 is 1.31. The monoisotopic (exact) mass is 376 g/mol. The van der Waals surface area contributed by atoms with E-state index in [4.69, 9.17) is 5.26 Å². The van der Waals surface area contributed by atoms with Gasteiger partial charge in [0.1, 0.15) is 0 Å². The van der Waals surface area contributed by atoms with Gasteiger partial charge >= 0.3 is 0 Å². The fraction of sp³-hybridized carbons (Fsp3) is 0.227. The van der Waals surface area contributed by atoms with E-state index in [1.807, 2.05) is 11.8 Å². The molecule has 1 unspecified atom stereocenters. The van der Waals surface area contributed by atoms with E-state index in [1.54, 1.807) is 11.3 Å². The lowest BCUT2D eigenvalue weighted by Gasteiger charge is -2.16. The van der Waals surface area contributed by atoms with Crippen molar-refractivity contribution in [2.24, 2.45) is 0 Å². The van der Waals surface area contributed by atoms with Crippen LogP contribution in [-0.4, -0.2) is 11.2 Å². The molecule has 2 heterocycles. The highest BCUT2D eigenvalue weighted by atomic mass is 32.2. The zero-order valence-electron chi connectivity index (χ0n) is 14.7. The Labute approximate surface area is 161 Å². The number of thiophene rings is 1. The van der Waals surface area contributed by atoms with Crippen molar-refractivity contribution in [2.45, 2.75) is 24.5 Å². The van der Waals surface area contributed by atoms with Crippen molar-refractivity contribution in [3.05, 3.63) is 70.7 Å². The van der Waals surface area contributed by atoms with E-state index in [0.29, 0.717) is 6.42 Å². The predicted octanol–water partition coefficient (Wildman–Crippen LogP) is 6.68. The predicted molar refractivity (Wildman–Crippen MR) is 114 cm³/mol. The number of fused-ring (bicyclic) bond motifs is 2. The highest BCUT2D eigenvalue weighted by Gasteiger charge is 2.19. The standard InChI is InChI=1S/C22H20N2S2/c1-25-14-17-4-2-5-19-20(13-24-22(17)19)18(6-3-10-23)15-7-8-21-16(12-15)9-11-26-21/h2,4-5,7-9,11-13,18,24H,3,6,14H2,1H3. The maximum absolute atomic E-state index is 9.17. The molecule has 0 fully saturated rings. The smallest absolute Gasteiger partial charge is 0.0622 e. The molecular weight excluding hydrogens is 356 g/mol. The van der Waals surface area contributed by atoms with Crippen LogP contribution in [-0.2, 0) is 5.75 Å². The third-order valence-electron chi connectivity index (χ3n) is 4.93. The van der Waals surface area contributed by atoms with Gasteiger partial charge in [0.15, 0.2) is 0 Å². The number of hydrogen-bond acceptors (Lipinski definition) is 3. The summed E-state index contributed by atoms with van der Waals surface area (Å²) in [5, 5.41) is 13.9. The third-order valence-corrected chi connectivity index (χ3v) is 6.43. The molecule has 0 saturated heterocycles. The van der Waals surface area contributed by atoms with Gasteiger partial charge in [-0.1, -0.05) is 24.3 Å². The van der Waals surface area contributed by atoms with Crippen LogP contribution < -0.4 is 0 Å². The van der Waals surface area contributed by atoms with Crippen molar-refractivity contribution >= 4 is 44.1 Å². The van der Waals surface area contributed by atoms with Crippen LogP contribution in [0.3, 0.4) is 0 Å². The number of rotatable bonds is 6. The van der Waals surface area contributed by atoms with Gasteiger partial charge in [-0.15, -0.1) is 11.3 Å². The van der Waals surface area contributed by atoms with Gasteiger partial charge in [-0.25, -0.2) is 0 Å². The topological polar surface area (TPSA) is 39.6 Å². The molecule has 0 amide bonds. The van der Waals surface area contributed by atoms with Gasteiger partial charge in [0.25, 0.3) is 0 Å². The van der Waals surface area contributed by atoms with E-state index in [-0.39, 0.29) is 5.92 Å². The Morgan fingerprint density at radius 2 is 2.15 bits per heavy atom. The number of nitriles is 1. The first kappa shape index (κ1) is 17.2. The SMILES string of the molecule is CSCc1cccc2c(C(CCC#N)c3ccc4sccc4c3)c[nH]c12. The van der Waals surface area contributed by atoms with Crippen molar-refractivity contribution in [2.75, 3.05) is 6.26 Å². The first-order valence-corrected chi connectivity index (χ1v) is 11.0. The summed E-state index contributed by atoms with van der Waals surface area (Å²) in [6, 6.07) is 17.8. The minimum atomic E-state index is 0.234. The molecule has 0 aliphatic rings. The van der Waals surface area contributed by atoms with Crippen LogP contribution in [0.2, 0.25) is 0 Å². The average molecular weight is 377 g/mol. The molecule has 0 spiro atoms. The fourth-order valence-electron chi connectivity index (χ4n) is 3.72. The van der Waals surface area contributed by atoms with Crippen molar-refractivity contribution in [3.8, 4) is 6.07 Å². The van der Waals surface area contributed by atoms with Gasteiger partial charge in [0, 0.05) is 39.9 Å². The van der Waals surface area contributed by atoms with E-state index in [0.717, 1.165) is 12.2 Å². The van der Waals surface area contributed by atoms with Crippen LogP contribution in [0.1, 0.15) is 35.4 Å². The molecule has 26 heavy (non-hydrogen) atoms. The van der Waals surface area contributed by atoms with Crippen LogP contribution in [0.25, 0.3) is 21.0 Å². The van der Waals surface area contributed by atoms with Crippen molar-refractivity contribution < 1.29 is 0 Å². The second-order valence-corrected chi connectivity index (χ2v) is 8.30. The molecule has 2 aromatic carbocycles. The number of H-pyrrole nitrogens is 1. The summed E-state index contributed by atoms with van der Waals surface area (Å²) in [5.41, 5.74) is 5.17. The fourth-order valence-corrected chi connectivity index (χ4v) is 5.04. The molecular formula is C22H20N2S2. The maximum Gasteiger partial charge on any atom is 0.0622 e. The molecule has 4 rings (SSSR count). The number of nitrogens with one attached hydrogen (secondary N) is 1. The average Bonchev–Trinajstić information content (AvgIpc) is 3.30. The zero-order valence-corrected chi connectivity index (χ0v) is 16.3. The number of benzene rings is 2. The molecule has 2 aromatic heterocycles. The van der Waals surface area contributed by atoms with E-state index >= 15 is 0 Å². The lowest BCUT2D eigenvalue weighted by atomic mass is 9.87. The molecule has 1 N–H and O–H groups in total. The van der Waals surface area contributed by atoms with Crippen LogP contribution in [0.5, 0.6) is 0 Å². The van der Waals surface area contributed by atoms with Gasteiger partial charge in [0.05, 0.1) is 6.07 Å². The van der Waals surface area contributed by atoms with E-state index in [9.17, 15) is 0 Å².